The number of ether oxygens (including phenoxy) is 1. The lowest BCUT2D eigenvalue weighted by atomic mass is 9.73. The lowest BCUT2D eigenvalue weighted by molar-refractivity contribution is -0.146. The molecule has 5 heteroatoms. The summed E-state index contributed by atoms with van der Waals surface area (Å²) in [4.78, 5) is 22.8. The standard InChI is InChI=1S/C14H15NO4/c1-10-7-14(8-10,12(16)17)15-13(18)19-9-11-5-3-2-4-6-11/h2-6H,1,7-9H2,(H,15,18)(H,16,17). The Labute approximate surface area is 110 Å². The molecular weight excluding hydrogens is 246 g/mol. The lowest BCUT2D eigenvalue weighted by Gasteiger charge is -2.39. The summed E-state index contributed by atoms with van der Waals surface area (Å²) in [5.74, 6) is -1.06. The Hall–Kier alpha value is -2.30. The summed E-state index contributed by atoms with van der Waals surface area (Å²) in [6.07, 6.45) is -0.218. The van der Waals surface area contributed by atoms with Crippen LogP contribution in [0.4, 0.5) is 4.79 Å². The van der Waals surface area contributed by atoms with Gasteiger partial charge in [-0.25, -0.2) is 9.59 Å². The SMILES string of the molecule is C=C1CC(NC(=O)OCc2ccccc2)(C(=O)O)C1. The summed E-state index contributed by atoms with van der Waals surface area (Å²) >= 11 is 0. The van der Waals surface area contributed by atoms with Gasteiger partial charge < -0.3 is 15.2 Å². The van der Waals surface area contributed by atoms with E-state index >= 15 is 0 Å². The van der Waals surface area contributed by atoms with Crippen LogP contribution in [0.2, 0.25) is 0 Å². The molecule has 0 atom stereocenters. The van der Waals surface area contributed by atoms with Gasteiger partial charge in [-0.2, -0.15) is 0 Å². The molecule has 0 saturated heterocycles. The third-order valence-corrected chi connectivity index (χ3v) is 3.07. The maximum absolute atomic E-state index is 11.6. The average molecular weight is 261 g/mol. The van der Waals surface area contributed by atoms with Gasteiger partial charge in [0.15, 0.2) is 0 Å². The quantitative estimate of drug-likeness (QED) is 0.814. The number of carboxylic acids is 1. The molecule has 0 aliphatic heterocycles. The second kappa shape index (κ2) is 5.14. The molecule has 0 aromatic heterocycles. The normalized spacial score (nSPS) is 16.3. The second-order valence-electron chi connectivity index (χ2n) is 4.68. The molecular formula is C14H15NO4. The molecule has 1 aromatic rings. The molecule has 1 aromatic carbocycles. The van der Waals surface area contributed by atoms with Crippen LogP contribution in [0.1, 0.15) is 18.4 Å². The average Bonchev–Trinajstić information content (AvgIpc) is 2.35. The molecule has 2 rings (SSSR count). The van der Waals surface area contributed by atoms with Crippen LogP contribution in [-0.4, -0.2) is 22.7 Å². The van der Waals surface area contributed by atoms with Crippen molar-refractivity contribution in [3.05, 3.63) is 48.0 Å². The zero-order valence-corrected chi connectivity index (χ0v) is 10.4. The van der Waals surface area contributed by atoms with E-state index in [0.29, 0.717) is 0 Å². The molecule has 19 heavy (non-hydrogen) atoms. The summed E-state index contributed by atoms with van der Waals surface area (Å²) in [7, 11) is 0. The van der Waals surface area contributed by atoms with Crippen LogP contribution in [0.25, 0.3) is 0 Å². The number of benzene rings is 1. The first-order valence-electron chi connectivity index (χ1n) is 5.91. The van der Waals surface area contributed by atoms with Gasteiger partial charge in [-0.1, -0.05) is 42.5 Å². The number of hydrogen-bond acceptors (Lipinski definition) is 3. The van der Waals surface area contributed by atoms with Crippen molar-refractivity contribution < 1.29 is 19.4 Å². The highest BCUT2D eigenvalue weighted by atomic mass is 16.5. The summed E-state index contributed by atoms with van der Waals surface area (Å²) in [5, 5.41) is 11.5. The Kier molecular flexibility index (Phi) is 3.55. The van der Waals surface area contributed by atoms with E-state index in [1.165, 1.54) is 0 Å². The number of hydrogen-bond donors (Lipinski definition) is 2. The molecule has 2 N–H and O–H groups in total. The Balaban J connectivity index is 1.87. The van der Waals surface area contributed by atoms with Gasteiger partial charge in [0.25, 0.3) is 0 Å². The van der Waals surface area contributed by atoms with Crippen molar-refractivity contribution >= 4 is 12.1 Å². The van der Waals surface area contributed by atoms with Gasteiger partial charge >= 0.3 is 12.1 Å². The van der Waals surface area contributed by atoms with Crippen LogP contribution in [0.5, 0.6) is 0 Å². The van der Waals surface area contributed by atoms with Gasteiger partial charge in [0.1, 0.15) is 12.1 Å². The Morgan fingerprint density at radius 3 is 2.47 bits per heavy atom. The van der Waals surface area contributed by atoms with Crippen molar-refractivity contribution in [1.29, 1.82) is 0 Å². The van der Waals surface area contributed by atoms with Gasteiger partial charge in [-0.3, -0.25) is 0 Å². The van der Waals surface area contributed by atoms with Crippen molar-refractivity contribution in [2.75, 3.05) is 0 Å². The maximum Gasteiger partial charge on any atom is 0.408 e. The molecule has 0 heterocycles. The van der Waals surface area contributed by atoms with E-state index in [1.54, 1.807) is 0 Å². The highest BCUT2D eigenvalue weighted by molar-refractivity contribution is 5.87. The molecule has 1 aliphatic carbocycles. The highest BCUT2D eigenvalue weighted by Crippen LogP contribution is 2.36. The smallest absolute Gasteiger partial charge is 0.408 e. The van der Waals surface area contributed by atoms with Crippen molar-refractivity contribution in [2.24, 2.45) is 0 Å². The summed E-state index contributed by atoms with van der Waals surface area (Å²) in [6.45, 7) is 3.80. The first-order valence-corrected chi connectivity index (χ1v) is 5.91. The number of alkyl carbamates (subject to hydrolysis) is 1. The number of rotatable bonds is 4. The van der Waals surface area contributed by atoms with Gasteiger partial charge in [0.2, 0.25) is 0 Å². The topological polar surface area (TPSA) is 75.6 Å². The maximum atomic E-state index is 11.6. The van der Waals surface area contributed by atoms with Gasteiger partial charge in [-0.15, -0.1) is 0 Å². The second-order valence-corrected chi connectivity index (χ2v) is 4.68. The van der Waals surface area contributed by atoms with Gasteiger partial charge in [0, 0.05) is 12.8 Å². The fourth-order valence-electron chi connectivity index (χ4n) is 2.05. The Morgan fingerprint density at radius 1 is 1.32 bits per heavy atom. The molecule has 1 aliphatic rings. The molecule has 1 amide bonds. The fourth-order valence-corrected chi connectivity index (χ4v) is 2.05. The molecule has 0 bridgehead atoms. The monoisotopic (exact) mass is 261 g/mol. The van der Waals surface area contributed by atoms with Crippen LogP contribution in [-0.2, 0) is 16.1 Å². The summed E-state index contributed by atoms with van der Waals surface area (Å²) < 4.78 is 5.00. The molecule has 100 valence electrons. The van der Waals surface area contributed by atoms with Crippen LogP contribution < -0.4 is 5.32 Å². The highest BCUT2D eigenvalue weighted by Gasteiger charge is 2.48. The number of nitrogens with one attached hydrogen (secondary N) is 1. The molecule has 5 nitrogen and oxygen atoms in total. The first kappa shape index (κ1) is 13.1. The fraction of sp³-hybridized carbons (Fsp3) is 0.286. The number of carboxylic acid groups (broad SMARTS) is 1. The zero-order valence-electron chi connectivity index (χ0n) is 10.4. The van der Waals surface area contributed by atoms with Crippen LogP contribution >= 0.6 is 0 Å². The third kappa shape index (κ3) is 2.93. The van der Waals surface area contributed by atoms with E-state index in [0.717, 1.165) is 11.1 Å². The van der Waals surface area contributed by atoms with Crippen molar-refractivity contribution in [3.8, 4) is 0 Å². The predicted molar refractivity (Wildman–Crippen MR) is 68.5 cm³/mol. The third-order valence-electron chi connectivity index (χ3n) is 3.07. The Bertz CT molecular complexity index is 501. The van der Waals surface area contributed by atoms with Crippen LogP contribution in [0.15, 0.2) is 42.5 Å². The summed E-state index contributed by atoms with van der Waals surface area (Å²) in [6, 6.07) is 9.19. The minimum atomic E-state index is -1.25. The van der Waals surface area contributed by atoms with Crippen LogP contribution in [0, 0.1) is 0 Å². The molecule has 1 saturated carbocycles. The lowest BCUT2D eigenvalue weighted by Crippen LogP contribution is -2.59. The van der Waals surface area contributed by atoms with Crippen molar-refractivity contribution in [3.63, 3.8) is 0 Å². The van der Waals surface area contributed by atoms with Gasteiger partial charge in [0.05, 0.1) is 0 Å². The predicted octanol–water partition coefficient (Wildman–Crippen LogP) is 2.09. The summed E-state index contributed by atoms with van der Waals surface area (Å²) in [5.41, 5.74) is 0.413. The van der Waals surface area contributed by atoms with E-state index in [4.69, 9.17) is 9.84 Å². The largest absolute Gasteiger partial charge is 0.479 e. The van der Waals surface area contributed by atoms with Crippen molar-refractivity contribution in [1.82, 2.24) is 5.32 Å². The first-order chi connectivity index (χ1) is 9.02. The van der Waals surface area contributed by atoms with E-state index in [2.05, 4.69) is 11.9 Å². The van der Waals surface area contributed by atoms with E-state index in [1.807, 2.05) is 30.3 Å². The molecule has 0 spiro atoms. The minimum absolute atomic E-state index is 0.114. The molecule has 0 unspecified atom stereocenters. The van der Waals surface area contributed by atoms with Gasteiger partial charge in [-0.05, 0) is 5.56 Å². The molecule has 0 radical (unpaired) electrons. The number of aliphatic carboxylic acids is 1. The Morgan fingerprint density at radius 2 is 1.95 bits per heavy atom. The molecule has 1 fully saturated rings. The minimum Gasteiger partial charge on any atom is -0.479 e. The number of amides is 1. The van der Waals surface area contributed by atoms with Crippen LogP contribution in [0.3, 0.4) is 0 Å². The zero-order chi connectivity index (χ0) is 13.9. The van der Waals surface area contributed by atoms with E-state index in [-0.39, 0.29) is 19.4 Å². The van der Waals surface area contributed by atoms with Crippen molar-refractivity contribution in [2.45, 2.75) is 25.0 Å². The van der Waals surface area contributed by atoms with E-state index in [9.17, 15) is 9.59 Å². The van der Waals surface area contributed by atoms with E-state index < -0.39 is 17.6 Å². The number of carbonyl (C=O) groups is 2. The number of carbonyl (C=O) groups excluding carboxylic acids is 1.